The predicted octanol–water partition coefficient (Wildman–Crippen LogP) is 3.19. The fraction of sp³-hybridized carbons (Fsp3) is 0.300. The van der Waals surface area contributed by atoms with Gasteiger partial charge in [-0.3, -0.25) is 4.79 Å². The number of aliphatic carboxylic acids is 1. The largest absolute Gasteiger partial charge is 0.481 e. The van der Waals surface area contributed by atoms with Gasteiger partial charge in [0.2, 0.25) is 5.13 Å². The van der Waals surface area contributed by atoms with Crippen LogP contribution in [0, 0.1) is 0 Å². The third-order valence-electron chi connectivity index (χ3n) is 2.00. The molecule has 0 unspecified atom stereocenters. The van der Waals surface area contributed by atoms with Crippen LogP contribution in [-0.2, 0) is 11.2 Å². The van der Waals surface area contributed by atoms with Crippen molar-refractivity contribution >= 4 is 61.5 Å². The average molecular weight is 380 g/mol. The molecule has 5 nitrogen and oxygen atoms in total. The Hall–Kier alpha value is -0.640. The van der Waals surface area contributed by atoms with Crippen molar-refractivity contribution in [3.05, 3.63) is 20.8 Å². The Kier molecular flexibility index (Phi) is 5.61. The molecule has 0 saturated carbocycles. The first-order valence-corrected chi connectivity index (χ1v) is 8.71. The van der Waals surface area contributed by atoms with Crippen LogP contribution in [0.3, 0.4) is 0 Å². The Bertz CT molecular complexity index is 558. The smallest absolute Gasteiger partial charge is 0.313 e. The van der Waals surface area contributed by atoms with Gasteiger partial charge in [-0.25, -0.2) is 0 Å². The first kappa shape index (κ1) is 14.8. The molecule has 0 bridgehead atoms. The molecule has 19 heavy (non-hydrogen) atoms. The van der Waals surface area contributed by atoms with E-state index >= 15 is 0 Å². The van der Waals surface area contributed by atoms with E-state index in [2.05, 4.69) is 37.5 Å². The van der Waals surface area contributed by atoms with E-state index < -0.39 is 5.97 Å². The Morgan fingerprint density at radius 2 is 2.26 bits per heavy atom. The monoisotopic (exact) mass is 379 g/mol. The van der Waals surface area contributed by atoms with E-state index in [-0.39, 0.29) is 5.75 Å². The van der Waals surface area contributed by atoms with E-state index in [1.807, 2.05) is 6.07 Å². The van der Waals surface area contributed by atoms with Crippen molar-refractivity contribution < 1.29 is 9.90 Å². The van der Waals surface area contributed by atoms with Crippen molar-refractivity contribution in [2.24, 2.45) is 0 Å². The summed E-state index contributed by atoms with van der Waals surface area (Å²) in [6.45, 7) is 0.783. The van der Waals surface area contributed by atoms with Crippen LogP contribution in [0.5, 0.6) is 0 Å². The van der Waals surface area contributed by atoms with E-state index in [9.17, 15) is 4.79 Å². The van der Waals surface area contributed by atoms with Gasteiger partial charge in [-0.05, 0) is 34.5 Å². The third-order valence-corrected chi connectivity index (χ3v) is 5.68. The van der Waals surface area contributed by atoms with E-state index in [4.69, 9.17) is 5.11 Å². The van der Waals surface area contributed by atoms with Gasteiger partial charge < -0.3 is 10.4 Å². The Balaban J connectivity index is 1.75. The maximum absolute atomic E-state index is 10.4. The van der Waals surface area contributed by atoms with E-state index in [1.165, 1.54) is 28.0 Å². The number of aromatic nitrogens is 2. The Morgan fingerprint density at radius 1 is 1.42 bits per heavy atom. The number of anilines is 1. The molecule has 2 N–H and O–H groups in total. The highest BCUT2D eigenvalue weighted by atomic mass is 79.9. The van der Waals surface area contributed by atoms with Crippen LogP contribution in [0.2, 0.25) is 0 Å². The van der Waals surface area contributed by atoms with Gasteiger partial charge in [-0.2, -0.15) is 0 Å². The molecule has 0 spiro atoms. The number of rotatable bonds is 7. The summed E-state index contributed by atoms with van der Waals surface area (Å²) in [4.78, 5) is 11.7. The molecule has 0 saturated heterocycles. The first-order chi connectivity index (χ1) is 9.13. The van der Waals surface area contributed by atoms with Crippen molar-refractivity contribution in [2.75, 3.05) is 17.6 Å². The summed E-state index contributed by atoms with van der Waals surface area (Å²) in [6, 6.07) is 4.12. The molecule has 0 aromatic carbocycles. The summed E-state index contributed by atoms with van der Waals surface area (Å²) in [6.07, 6.45) is 0.924. The number of hydrogen-bond acceptors (Lipinski definition) is 7. The lowest BCUT2D eigenvalue weighted by Gasteiger charge is -1.99. The van der Waals surface area contributed by atoms with E-state index in [0.29, 0.717) is 4.34 Å². The molecule has 0 atom stereocenters. The number of hydrogen-bond donors (Lipinski definition) is 2. The second kappa shape index (κ2) is 7.22. The number of carbonyl (C=O) groups is 1. The highest BCUT2D eigenvalue weighted by Crippen LogP contribution is 2.26. The first-order valence-electron chi connectivity index (χ1n) is 5.29. The Labute approximate surface area is 130 Å². The number of carboxylic acids is 1. The van der Waals surface area contributed by atoms with E-state index in [0.717, 1.165) is 21.9 Å². The van der Waals surface area contributed by atoms with Gasteiger partial charge in [0.05, 0.1) is 9.54 Å². The van der Waals surface area contributed by atoms with Gasteiger partial charge in [-0.1, -0.05) is 23.1 Å². The fourth-order valence-electron chi connectivity index (χ4n) is 1.24. The number of carboxylic acid groups (broad SMARTS) is 1. The third kappa shape index (κ3) is 5.09. The van der Waals surface area contributed by atoms with Crippen molar-refractivity contribution in [3.8, 4) is 0 Å². The molecule has 0 fully saturated rings. The van der Waals surface area contributed by atoms with Crippen LogP contribution in [0.1, 0.15) is 4.88 Å². The lowest BCUT2D eigenvalue weighted by molar-refractivity contribution is -0.133. The van der Waals surface area contributed by atoms with Crippen LogP contribution in [0.25, 0.3) is 0 Å². The summed E-state index contributed by atoms with van der Waals surface area (Å²) in [5.41, 5.74) is 0. The lowest BCUT2D eigenvalue weighted by atomic mass is 10.3. The summed E-state index contributed by atoms with van der Waals surface area (Å²) in [5, 5.41) is 20.4. The minimum Gasteiger partial charge on any atom is -0.481 e. The zero-order chi connectivity index (χ0) is 13.7. The second-order valence-electron chi connectivity index (χ2n) is 3.44. The molecular formula is C10H10BrN3O2S3. The summed E-state index contributed by atoms with van der Waals surface area (Å²) in [7, 11) is 0. The highest BCUT2D eigenvalue weighted by Gasteiger charge is 2.06. The second-order valence-corrected chi connectivity index (χ2v) is 8.19. The van der Waals surface area contributed by atoms with Crippen LogP contribution in [-0.4, -0.2) is 33.6 Å². The van der Waals surface area contributed by atoms with Crippen molar-refractivity contribution in [3.63, 3.8) is 0 Å². The normalized spacial score (nSPS) is 10.6. The molecule has 0 amide bonds. The Morgan fingerprint density at radius 3 is 2.95 bits per heavy atom. The maximum Gasteiger partial charge on any atom is 0.313 e. The number of nitrogens with zero attached hydrogens (tertiary/aromatic N) is 2. The SMILES string of the molecule is O=C(O)CSc1nnc(NCCc2ccc(Br)s2)s1. The molecule has 0 aliphatic carbocycles. The lowest BCUT2D eigenvalue weighted by Crippen LogP contribution is -2.03. The molecule has 0 aliphatic heterocycles. The van der Waals surface area contributed by atoms with Gasteiger partial charge in [0.1, 0.15) is 0 Å². The molecule has 102 valence electrons. The molecular weight excluding hydrogens is 370 g/mol. The zero-order valence-corrected chi connectivity index (χ0v) is 13.7. The fourth-order valence-corrected chi connectivity index (χ4v) is 4.22. The van der Waals surface area contributed by atoms with Crippen molar-refractivity contribution in [2.45, 2.75) is 10.8 Å². The topological polar surface area (TPSA) is 75.1 Å². The molecule has 9 heteroatoms. The average Bonchev–Trinajstić information content (AvgIpc) is 2.96. The number of halogens is 1. The van der Waals surface area contributed by atoms with Crippen LogP contribution < -0.4 is 5.32 Å². The standard InChI is InChI=1S/C10H10BrN3O2S3/c11-7-2-1-6(18-7)3-4-12-9-13-14-10(19-9)17-5-8(15)16/h1-2H,3-5H2,(H,12,13)(H,15,16). The van der Waals surface area contributed by atoms with Gasteiger partial charge in [0.15, 0.2) is 4.34 Å². The van der Waals surface area contributed by atoms with Crippen LogP contribution in [0.15, 0.2) is 20.3 Å². The van der Waals surface area contributed by atoms with Crippen LogP contribution >= 0.6 is 50.4 Å². The summed E-state index contributed by atoms with van der Waals surface area (Å²) in [5.74, 6) is -0.837. The molecule has 2 rings (SSSR count). The minimum absolute atomic E-state index is 0.0118. The molecule has 0 radical (unpaired) electrons. The minimum atomic E-state index is -0.849. The maximum atomic E-state index is 10.4. The highest BCUT2D eigenvalue weighted by molar-refractivity contribution is 9.11. The molecule has 2 aromatic rings. The molecule has 2 heterocycles. The van der Waals surface area contributed by atoms with Gasteiger partial charge in [0, 0.05) is 11.4 Å². The molecule has 2 aromatic heterocycles. The molecule has 0 aliphatic rings. The van der Waals surface area contributed by atoms with E-state index in [1.54, 1.807) is 11.3 Å². The van der Waals surface area contributed by atoms with Crippen LogP contribution in [0.4, 0.5) is 5.13 Å². The number of thioether (sulfide) groups is 1. The quantitative estimate of drug-likeness (QED) is 0.719. The van der Waals surface area contributed by atoms with Gasteiger partial charge >= 0.3 is 5.97 Å². The van der Waals surface area contributed by atoms with Gasteiger partial charge in [-0.15, -0.1) is 21.5 Å². The summed E-state index contributed by atoms with van der Waals surface area (Å²) >= 11 is 7.70. The van der Waals surface area contributed by atoms with Crippen molar-refractivity contribution in [1.82, 2.24) is 10.2 Å². The summed E-state index contributed by atoms with van der Waals surface area (Å²) < 4.78 is 1.80. The van der Waals surface area contributed by atoms with Gasteiger partial charge in [0.25, 0.3) is 0 Å². The number of nitrogens with one attached hydrogen (secondary N) is 1. The van der Waals surface area contributed by atoms with Crippen molar-refractivity contribution in [1.29, 1.82) is 0 Å². The predicted molar refractivity (Wildman–Crippen MR) is 82.5 cm³/mol. The zero-order valence-electron chi connectivity index (χ0n) is 9.63. The number of thiophene rings is 1.